The second kappa shape index (κ2) is 9.09. The number of nitrogens with zero attached hydrogens (tertiary/aromatic N) is 3. The predicted molar refractivity (Wildman–Crippen MR) is 121 cm³/mol. The van der Waals surface area contributed by atoms with E-state index in [1.807, 2.05) is 30.3 Å². The summed E-state index contributed by atoms with van der Waals surface area (Å²) in [6.07, 6.45) is 1.78. The zero-order chi connectivity index (χ0) is 22.0. The third-order valence-electron chi connectivity index (χ3n) is 6.71. The molecule has 4 rings (SSSR count). The Morgan fingerprint density at radius 2 is 1.84 bits per heavy atom. The van der Waals surface area contributed by atoms with Crippen LogP contribution in [0.25, 0.3) is 11.1 Å². The molecule has 2 heterocycles. The highest BCUT2D eigenvalue weighted by Crippen LogP contribution is 2.42. The van der Waals surface area contributed by atoms with Gasteiger partial charge in [0, 0.05) is 31.1 Å². The number of hydrogen-bond acceptors (Lipinski definition) is 5. The van der Waals surface area contributed by atoms with Crippen LogP contribution in [0.15, 0.2) is 48.5 Å². The van der Waals surface area contributed by atoms with E-state index in [2.05, 4.69) is 23.1 Å². The summed E-state index contributed by atoms with van der Waals surface area (Å²) in [6, 6.07) is 18.0. The van der Waals surface area contributed by atoms with Crippen LogP contribution in [-0.2, 0) is 10.0 Å². The van der Waals surface area contributed by atoms with Gasteiger partial charge < -0.3 is 5.11 Å². The van der Waals surface area contributed by atoms with Crippen molar-refractivity contribution in [1.29, 1.82) is 5.26 Å². The maximum Gasteiger partial charge on any atom is 0.213 e. The quantitative estimate of drug-likeness (QED) is 0.774. The first kappa shape index (κ1) is 22.0. The molecule has 0 saturated carbocycles. The zero-order valence-electron chi connectivity index (χ0n) is 17.8. The molecule has 0 aromatic heterocycles. The van der Waals surface area contributed by atoms with Crippen molar-refractivity contribution in [2.45, 2.75) is 37.8 Å². The molecule has 0 unspecified atom stereocenters. The fourth-order valence-electron chi connectivity index (χ4n) is 5.01. The Morgan fingerprint density at radius 1 is 1.10 bits per heavy atom. The zero-order valence-corrected chi connectivity index (χ0v) is 18.6. The molecule has 1 N–H and O–H groups in total. The minimum atomic E-state index is -3.24. The summed E-state index contributed by atoms with van der Waals surface area (Å²) in [5.74, 6) is 0.210. The first-order valence-corrected chi connectivity index (χ1v) is 12.5. The molecule has 6 nitrogen and oxygen atoms in total. The van der Waals surface area contributed by atoms with Crippen LogP contribution in [0.2, 0.25) is 0 Å². The molecule has 164 valence electrons. The van der Waals surface area contributed by atoms with Gasteiger partial charge in [-0.1, -0.05) is 36.4 Å². The van der Waals surface area contributed by atoms with Crippen LogP contribution in [-0.4, -0.2) is 66.8 Å². The van der Waals surface area contributed by atoms with E-state index >= 15 is 0 Å². The fourth-order valence-corrected chi connectivity index (χ4v) is 6.16. The fraction of sp³-hybridized carbons (Fsp3) is 0.458. The largest absolute Gasteiger partial charge is 0.395 e. The molecule has 7 heteroatoms. The lowest BCUT2D eigenvalue weighted by molar-refractivity contribution is -0.0553. The number of nitriles is 1. The van der Waals surface area contributed by atoms with Gasteiger partial charge in [-0.05, 0) is 55.1 Å². The summed E-state index contributed by atoms with van der Waals surface area (Å²) in [5.41, 5.74) is 3.77. The Morgan fingerprint density at radius 3 is 2.52 bits per heavy atom. The van der Waals surface area contributed by atoms with Crippen LogP contribution in [0.3, 0.4) is 0 Å². The summed E-state index contributed by atoms with van der Waals surface area (Å²) >= 11 is 0. The molecule has 31 heavy (non-hydrogen) atoms. The molecule has 0 radical (unpaired) electrons. The van der Waals surface area contributed by atoms with E-state index in [0.717, 1.165) is 36.1 Å². The highest BCUT2D eigenvalue weighted by Gasteiger charge is 2.49. The van der Waals surface area contributed by atoms with Crippen LogP contribution < -0.4 is 0 Å². The van der Waals surface area contributed by atoms with Crippen LogP contribution in [0.4, 0.5) is 0 Å². The Kier molecular flexibility index (Phi) is 6.44. The van der Waals surface area contributed by atoms with Gasteiger partial charge in [-0.3, -0.25) is 4.90 Å². The van der Waals surface area contributed by atoms with Gasteiger partial charge in [-0.2, -0.15) is 5.26 Å². The van der Waals surface area contributed by atoms with Crippen LogP contribution in [0.5, 0.6) is 0 Å². The summed E-state index contributed by atoms with van der Waals surface area (Å²) in [7, 11) is -3.24. The Bertz CT molecular complexity index is 1060. The molecule has 0 bridgehead atoms. The summed E-state index contributed by atoms with van der Waals surface area (Å²) < 4.78 is 26.8. The number of aliphatic hydroxyl groups is 1. The van der Waals surface area contributed by atoms with E-state index in [-0.39, 0.29) is 30.4 Å². The second-order valence-corrected chi connectivity index (χ2v) is 10.6. The third-order valence-corrected chi connectivity index (χ3v) is 8.56. The first-order chi connectivity index (χ1) is 15.0. The second-order valence-electron chi connectivity index (χ2n) is 8.36. The molecule has 2 aliphatic rings. The van der Waals surface area contributed by atoms with E-state index in [1.54, 1.807) is 17.3 Å². The Hall–Kier alpha value is -2.24. The van der Waals surface area contributed by atoms with Gasteiger partial charge in [0.2, 0.25) is 10.0 Å². The molecule has 2 aromatic carbocycles. The third kappa shape index (κ3) is 4.26. The molecule has 2 aliphatic heterocycles. The van der Waals surface area contributed by atoms with Gasteiger partial charge >= 0.3 is 0 Å². The average Bonchev–Trinajstić information content (AvgIpc) is 2.78. The Labute approximate surface area is 184 Å². The SMILES string of the molecule is CCS(=O)(=O)N1CCCCN2[C@H](C1)[C@@H](c1ccc(-c3cccc(C#N)c3)cc1)[C@@H]2CO. The van der Waals surface area contributed by atoms with Crippen molar-refractivity contribution >= 4 is 10.0 Å². The maximum atomic E-state index is 12.6. The highest BCUT2D eigenvalue weighted by atomic mass is 32.2. The Balaban J connectivity index is 1.60. The van der Waals surface area contributed by atoms with E-state index in [9.17, 15) is 13.5 Å². The molecule has 3 atom stereocenters. The lowest BCUT2D eigenvalue weighted by Gasteiger charge is -2.57. The van der Waals surface area contributed by atoms with Gasteiger partial charge in [0.1, 0.15) is 0 Å². The standard InChI is InChI=1S/C24H29N3O3S/c1-2-31(29,30)26-12-3-4-13-27-22(16-26)24(23(27)17-28)20-10-8-19(9-11-20)21-7-5-6-18(14-21)15-25/h5-11,14,22-24,28H,2-4,12-13,16-17H2,1H3/t22-,23+,24-/m1/s1. The van der Waals surface area contributed by atoms with Crippen molar-refractivity contribution in [2.24, 2.45) is 0 Å². The molecule has 0 aliphatic carbocycles. The summed E-state index contributed by atoms with van der Waals surface area (Å²) in [6.45, 7) is 3.70. The van der Waals surface area contributed by atoms with Crippen LogP contribution in [0, 0.1) is 11.3 Å². The maximum absolute atomic E-state index is 12.6. The molecular formula is C24H29N3O3S. The van der Waals surface area contributed by atoms with Crippen molar-refractivity contribution in [1.82, 2.24) is 9.21 Å². The molecule has 2 aromatic rings. The summed E-state index contributed by atoms with van der Waals surface area (Å²) in [4.78, 5) is 2.28. The summed E-state index contributed by atoms with van der Waals surface area (Å²) in [5, 5.41) is 19.2. The lowest BCUT2D eigenvalue weighted by atomic mass is 9.74. The van der Waals surface area contributed by atoms with Gasteiger partial charge in [0.05, 0.1) is 24.0 Å². The van der Waals surface area contributed by atoms with Crippen molar-refractivity contribution in [3.05, 3.63) is 59.7 Å². The lowest BCUT2D eigenvalue weighted by Crippen LogP contribution is -2.67. The van der Waals surface area contributed by atoms with E-state index in [4.69, 9.17) is 5.26 Å². The number of aliphatic hydroxyl groups excluding tert-OH is 1. The molecular weight excluding hydrogens is 410 g/mol. The molecule has 0 amide bonds. The van der Waals surface area contributed by atoms with Crippen molar-refractivity contribution in [3.63, 3.8) is 0 Å². The van der Waals surface area contributed by atoms with Gasteiger partial charge in [-0.15, -0.1) is 0 Å². The van der Waals surface area contributed by atoms with Crippen molar-refractivity contribution in [2.75, 3.05) is 32.0 Å². The topological polar surface area (TPSA) is 84.6 Å². The van der Waals surface area contributed by atoms with Crippen LogP contribution >= 0.6 is 0 Å². The number of benzene rings is 2. The van der Waals surface area contributed by atoms with E-state index in [1.165, 1.54) is 0 Å². The van der Waals surface area contributed by atoms with E-state index in [0.29, 0.717) is 18.7 Å². The first-order valence-electron chi connectivity index (χ1n) is 10.9. The smallest absolute Gasteiger partial charge is 0.213 e. The highest BCUT2D eigenvalue weighted by molar-refractivity contribution is 7.89. The monoisotopic (exact) mass is 439 g/mol. The predicted octanol–water partition coefficient (Wildman–Crippen LogP) is 2.80. The number of sulfonamides is 1. The molecule has 0 spiro atoms. The minimum absolute atomic E-state index is 0.0158. The number of hydrogen-bond donors (Lipinski definition) is 1. The number of fused-ring (bicyclic) bond motifs is 1. The average molecular weight is 440 g/mol. The van der Waals surface area contributed by atoms with Gasteiger partial charge in [0.15, 0.2) is 0 Å². The van der Waals surface area contributed by atoms with Gasteiger partial charge in [-0.25, -0.2) is 12.7 Å². The van der Waals surface area contributed by atoms with Crippen LogP contribution in [0.1, 0.15) is 36.8 Å². The minimum Gasteiger partial charge on any atom is -0.395 e. The van der Waals surface area contributed by atoms with E-state index < -0.39 is 10.0 Å². The molecule has 2 saturated heterocycles. The van der Waals surface area contributed by atoms with Gasteiger partial charge in [0.25, 0.3) is 0 Å². The van der Waals surface area contributed by atoms with Crippen molar-refractivity contribution in [3.8, 4) is 17.2 Å². The molecule has 2 fully saturated rings. The normalized spacial score (nSPS) is 25.0. The number of rotatable bonds is 5. The van der Waals surface area contributed by atoms with Crippen molar-refractivity contribution < 1.29 is 13.5 Å².